The fraction of sp³-hybridized carbons (Fsp3) is 0.238. The lowest BCUT2D eigenvalue weighted by atomic mass is 10.2. The van der Waals surface area contributed by atoms with Gasteiger partial charge in [-0.2, -0.15) is 9.40 Å². The lowest BCUT2D eigenvalue weighted by Crippen LogP contribution is -2.50. The van der Waals surface area contributed by atoms with Crippen LogP contribution in [0, 0.1) is 6.92 Å². The highest BCUT2D eigenvalue weighted by molar-refractivity contribution is 7.89. The molecule has 156 valence electrons. The minimum absolute atomic E-state index is 0.229. The first-order valence-corrected chi connectivity index (χ1v) is 11.4. The number of carbonyl (C=O) groups excluding carboxylic acids is 1. The number of carbonyl (C=O) groups is 1. The lowest BCUT2D eigenvalue weighted by Gasteiger charge is -2.34. The molecule has 0 spiro atoms. The summed E-state index contributed by atoms with van der Waals surface area (Å²) >= 11 is 6.51. The quantitative estimate of drug-likeness (QED) is 0.620. The summed E-state index contributed by atoms with van der Waals surface area (Å²) in [5.74, 6) is -0.239. The van der Waals surface area contributed by atoms with Crippen LogP contribution < -0.4 is 0 Å². The van der Waals surface area contributed by atoms with Crippen molar-refractivity contribution in [3.63, 3.8) is 0 Å². The van der Waals surface area contributed by atoms with Gasteiger partial charge in [-0.25, -0.2) is 13.1 Å². The van der Waals surface area contributed by atoms with Gasteiger partial charge in [0, 0.05) is 26.2 Å². The third kappa shape index (κ3) is 3.74. The zero-order valence-electron chi connectivity index (χ0n) is 16.4. The number of benzene rings is 2. The van der Waals surface area contributed by atoms with Crippen LogP contribution in [0.15, 0.2) is 65.6 Å². The molecule has 9 heteroatoms. The molecule has 1 fully saturated rings. The first kappa shape index (κ1) is 20.6. The van der Waals surface area contributed by atoms with Crippen LogP contribution in [0.3, 0.4) is 0 Å². The fourth-order valence-corrected chi connectivity index (χ4v) is 5.31. The van der Waals surface area contributed by atoms with Crippen LogP contribution in [0.4, 0.5) is 0 Å². The molecule has 1 aromatic heterocycles. The van der Waals surface area contributed by atoms with Crippen molar-refractivity contribution in [3.8, 4) is 5.69 Å². The van der Waals surface area contributed by atoms with Gasteiger partial charge in [-0.05, 0) is 31.2 Å². The average Bonchev–Trinajstić information content (AvgIpc) is 3.08. The summed E-state index contributed by atoms with van der Waals surface area (Å²) in [5, 5.41) is 4.67. The number of halogens is 1. The number of aromatic nitrogens is 2. The van der Waals surface area contributed by atoms with E-state index in [1.807, 2.05) is 30.3 Å². The highest BCUT2D eigenvalue weighted by Gasteiger charge is 2.32. The van der Waals surface area contributed by atoms with E-state index in [4.69, 9.17) is 11.6 Å². The SMILES string of the molecule is Cc1nn(-c2ccccc2)c(Cl)c1C(=O)N1CCN(S(=O)(=O)c2ccccc2)CC1. The van der Waals surface area contributed by atoms with Gasteiger partial charge in [0.1, 0.15) is 5.15 Å². The van der Waals surface area contributed by atoms with Gasteiger partial charge in [0.2, 0.25) is 10.0 Å². The molecule has 2 aromatic carbocycles. The molecule has 1 saturated heterocycles. The van der Waals surface area contributed by atoms with Crippen molar-refractivity contribution in [2.75, 3.05) is 26.2 Å². The topological polar surface area (TPSA) is 75.5 Å². The highest BCUT2D eigenvalue weighted by Crippen LogP contribution is 2.26. The van der Waals surface area contributed by atoms with Crippen molar-refractivity contribution in [3.05, 3.63) is 77.1 Å². The predicted octanol–water partition coefficient (Wildman–Crippen LogP) is 2.98. The molecule has 7 nitrogen and oxygen atoms in total. The van der Waals surface area contributed by atoms with E-state index in [1.54, 1.807) is 46.8 Å². The summed E-state index contributed by atoms with van der Waals surface area (Å²) in [5.41, 5.74) is 1.65. The maximum atomic E-state index is 13.1. The maximum absolute atomic E-state index is 13.1. The number of hydrogen-bond donors (Lipinski definition) is 0. The first-order valence-electron chi connectivity index (χ1n) is 9.54. The molecule has 1 aliphatic heterocycles. The molecule has 0 radical (unpaired) electrons. The second kappa shape index (κ2) is 8.22. The van der Waals surface area contributed by atoms with Crippen LogP contribution in [0.2, 0.25) is 5.15 Å². The van der Waals surface area contributed by atoms with Crippen LogP contribution >= 0.6 is 11.6 Å². The van der Waals surface area contributed by atoms with Gasteiger partial charge >= 0.3 is 0 Å². The van der Waals surface area contributed by atoms with Gasteiger partial charge in [-0.1, -0.05) is 48.0 Å². The molecule has 0 N–H and O–H groups in total. The van der Waals surface area contributed by atoms with E-state index < -0.39 is 10.0 Å². The molecule has 1 aliphatic rings. The van der Waals surface area contributed by atoms with Crippen molar-refractivity contribution in [1.29, 1.82) is 0 Å². The second-order valence-corrected chi connectivity index (χ2v) is 9.30. The van der Waals surface area contributed by atoms with Crippen molar-refractivity contribution < 1.29 is 13.2 Å². The molecule has 0 unspecified atom stereocenters. The number of aryl methyl sites for hydroxylation is 1. The third-order valence-electron chi connectivity index (χ3n) is 5.13. The highest BCUT2D eigenvalue weighted by atomic mass is 35.5. The number of hydrogen-bond acceptors (Lipinski definition) is 4. The fourth-order valence-electron chi connectivity index (χ4n) is 3.51. The predicted molar refractivity (Wildman–Crippen MR) is 114 cm³/mol. The number of para-hydroxylation sites is 1. The summed E-state index contributed by atoms with van der Waals surface area (Å²) in [7, 11) is -3.57. The minimum Gasteiger partial charge on any atom is -0.336 e. The third-order valence-corrected chi connectivity index (χ3v) is 7.39. The Balaban J connectivity index is 1.51. The molecule has 0 atom stereocenters. The molecule has 0 bridgehead atoms. The standard InChI is InChI=1S/C21H21ClN4O3S/c1-16-19(20(22)26(23-16)17-8-4-2-5-9-17)21(27)24-12-14-25(15-13-24)30(28,29)18-10-6-3-7-11-18/h2-11H,12-15H2,1H3. The molecule has 30 heavy (non-hydrogen) atoms. The van der Waals surface area contributed by atoms with Crippen molar-refractivity contribution in [2.24, 2.45) is 0 Å². The van der Waals surface area contributed by atoms with Crippen LogP contribution in [0.5, 0.6) is 0 Å². The Morgan fingerprint density at radius 2 is 1.50 bits per heavy atom. The van der Waals surface area contributed by atoms with E-state index in [1.165, 1.54) is 4.31 Å². The first-order chi connectivity index (χ1) is 14.4. The molecule has 2 heterocycles. The van der Waals surface area contributed by atoms with Gasteiger partial charge in [0.05, 0.1) is 21.8 Å². The summed E-state index contributed by atoms with van der Waals surface area (Å²) in [4.78, 5) is 15.0. The Morgan fingerprint density at radius 1 is 0.933 bits per heavy atom. The van der Waals surface area contributed by atoms with Crippen molar-refractivity contribution in [1.82, 2.24) is 19.0 Å². The van der Waals surface area contributed by atoms with Crippen molar-refractivity contribution in [2.45, 2.75) is 11.8 Å². The normalized spacial score (nSPS) is 15.3. The van der Waals surface area contributed by atoms with Gasteiger partial charge in [-0.3, -0.25) is 4.79 Å². The zero-order valence-corrected chi connectivity index (χ0v) is 18.0. The molecule has 0 saturated carbocycles. The molecular weight excluding hydrogens is 424 g/mol. The monoisotopic (exact) mass is 444 g/mol. The number of rotatable bonds is 4. The Morgan fingerprint density at radius 3 is 2.10 bits per heavy atom. The second-order valence-electron chi connectivity index (χ2n) is 7.01. The van der Waals surface area contributed by atoms with E-state index in [0.717, 1.165) is 5.69 Å². The van der Waals surface area contributed by atoms with E-state index >= 15 is 0 Å². The van der Waals surface area contributed by atoms with Gasteiger partial charge in [0.15, 0.2) is 0 Å². The molecular formula is C21H21ClN4O3S. The molecule has 3 aromatic rings. The van der Waals surface area contributed by atoms with E-state index in [0.29, 0.717) is 11.3 Å². The van der Waals surface area contributed by atoms with Gasteiger partial charge in [0.25, 0.3) is 5.91 Å². The Bertz CT molecular complexity index is 1160. The van der Waals surface area contributed by atoms with E-state index in [-0.39, 0.29) is 42.1 Å². The largest absolute Gasteiger partial charge is 0.336 e. The average molecular weight is 445 g/mol. The number of nitrogens with zero attached hydrogens (tertiary/aromatic N) is 4. The summed E-state index contributed by atoms with van der Waals surface area (Å²) in [6, 6.07) is 17.7. The van der Waals surface area contributed by atoms with Crippen LogP contribution in [0.25, 0.3) is 5.69 Å². The minimum atomic E-state index is -3.57. The zero-order chi connectivity index (χ0) is 21.3. The Hall–Kier alpha value is -2.68. The van der Waals surface area contributed by atoms with Gasteiger partial charge < -0.3 is 4.90 Å². The van der Waals surface area contributed by atoms with E-state index in [2.05, 4.69) is 5.10 Å². The van der Waals surface area contributed by atoms with Crippen LogP contribution in [0.1, 0.15) is 16.1 Å². The van der Waals surface area contributed by atoms with Gasteiger partial charge in [-0.15, -0.1) is 0 Å². The summed E-state index contributed by atoms with van der Waals surface area (Å²) in [6.07, 6.45) is 0. The Kier molecular flexibility index (Phi) is 5.64. The summed E-state index contributed by atoms with van der Waals surface area (Å²) in [6.45, 7) is 2.78. The lowest BCUT2D eigenvalue weighted by molar-refractivity contribution is 0.0697. The molecule has 1 amide bonds. The van der Waals surface area contributed by atoms with Crippen LogP contribution in [-0.4, -0.2) is 59.5 Å². The molecule has 4 rings (SSSR count). The van der Waals surface area contributed by atoms with Crippen LogP contribution in [-0.2, 0) is 10.0 Å². The summed E-state index contributed by atoms with van der Waals surface area (Å²) < 4.78 is 28.5. The number of piperazine rings is 1. The maximum Gasteiger partial charge on any atom is 0.259 e. The van der Waals surface area contributed by atoms with E-state index in [9.17, 15) is 13.2 Å². The number of amides is 1. The smallest absolute Gasteiger partial charge is 0.259 e. The van der Waals surface area contributed by atoms with Crippen molar-refractivity contribution >= 4 is 27.5 Å². The molecule has 0 aliphatic carbocycles. The Labute approximate surface area is 180 Å². The number of sulfonamides is 1.